The molecule has 11 heteroatoms. The summed E-state index contributed by atoms with van der Waals surface area (Å²) in [7, 11) is 0. The van der Waals surface area contributed by atoms with Crippen LogP contribution in [0.4, 0.5) is 23.7 Å². The summed E-state index contributed by atoms with van der Waals surface area (Å²) < 4.78 is 40.7. The van der Waals surface area contributed by atoms with Gasteiger partial charge in [-0.1, -0.05) is 23.2 Å². The molecule has 2 aromatic rings. The number of nitrogens with one attached hydrogen (secondary N) is 2. The van der Waals surface area contributed by atoms with Gasteiger partial charge in [-0.25, -0.2) is 4.79 Å². The maximum Gasteiger partial charge on any atom is 0.573 e. The van der Waals surface area contributed by atoms with E-state index >= 15 is 0 Å². The van der Waals surface area contributed by atoms with Gasteiger partial charge in [0.1, 0.15) is 5.75 Å². The van der Waals surface area contributed by atoms with Crippen LogP contribution in [0.2, 0.25) is 10.0 Å². The highest BCUT2D eigenvalue weighted by Crippen LogP contribution is 2.45. The maximum atomic E-state index is 12.3. The zero-order valence-electron chi connectivity index (χ0n) is 15.0. The Bertz CT molecular complexity index is 952. The third kappa shape index (κ3) is 5.04. The predicted octanol–water partition coefficient (Wildman–Crippen LogP) is 4.76. The van der Waals surface area contributed by atoms with E-state index in [1.807, 2.05) is 0 Å². The van der Waals surface area contributed by atoms with Gasteiger partial charge >= 0.3 is 12.4 Å². The third-order valence-corrected chi connectivity index (χ3v) is 5.17. The lowest BCUT2D eigenvalue weighted by molar-refractivity contribution is -0.274. The van der Waals surface area contributed by atoms with Gasteiger partial charge in [0.05, 0.1) is 33.6 Å². The van der Waals surface area contributed by atoms with Crippen LogP contribution in [0.15, 0.2) is 24.4 Å². The topological polar surface area (TPSA) is 83.5 Å². The number of alkyl halides is 3. The van der Waals surface area contributed by atoms with Crippen molar-refractivity contribution in [3.63, 3.8) is 0 Å². The molecule has 0 radical (unpaired) electrons. The fourth-order valence-corrected chi connectivity index (χ4v) is 3.73. The number of aromatic nitrogens is 1. The van der Waals surface area contributed by atoms with Crippen molar-refractivity contribution in [3.05, 3.63) is 51.3 Å². The fourth-order valence-electron chi connectivity index (χ4n) is 3.08. The Morgan fingerprint density at radius 2 is 2.10 bits per heavy atom. The number of benzene rings is 1. The highest BCUT2D eigenvalue weighted by molar-refractivity contribution is 6.40. The lowest BCUT2D eigenvalue weighted by atomic mass is 9.98. The number of hydrogen-bond acceptors (Lipinski definition) is 4. The number of fused-ring (bicyclic) bond motifs is 1. The van der Waals surface area contributed by atoms with Crippen molar-refractivity contribution < 1.29 is 27.8 Å². The number of halogens is 5. The number of hydrogen-bond donors (Lipinski definition) is 3. The zero-order valence-corrected chi connectivity index (χ0v) is 16.5. The molecule has 6 nitrogen and oxygen atoms in total. The summed E-state index contributed by atoms with van der Waals surface area (Å²) >= 11 is 12.6. The first-order valence-electron chi connectivity index (χ1n) is 8.45. The lowest BCUT2D eigenvalue weighted by Gasteiger charge is -2.20. The van der Waals surface area contributed by atoms with Gasteiger partial charge in [-0.2, -0.15) is 0 Å². The molecular weight excluding hydrogens is 434 g/mol. The van der Waals surface area contributed by atoms with Gasteiger partial charge in [0.25, 0.3) is 0 Å². The Kier molecular flexibility index (Phi) is 5.84. The molecule has 0 saturated heterocycles. The number of carbonyl (C=O) groups is 1. The van der Waals surface area contributed by atoms with E-state index < -0.39 is 23.7 Å². The van der Waals surface area contributed by atoms with Crippen LogP contribution in [-0.2, 0) is 18.6 Å². The van der Waals surface area contributed by atoms with Crippen LogP contribution in [0.3, 0.4) is 0 Å². The highest BCUT2D eigenvalue weighted by atomic mass is 35.5. The first-order chi connectivity index (χ1) is 13.5. The van der Waals surface area contributed by atoms with E-state index in [2.05, 4.69) is 20.4 Å². The molecule has 0 saturated carbocycles. The van der Waals surface area contributed by atoms with Gasteiger partial charge in [0.2, 0.25) is 0 Å². The standard InChI is InChI=1S/C18H16Cl2F3N3O3/c1-17(28)4-2-11-12(17)7-13(19)15(14(11)20)26-16(27)25-8-9-6-10(3-5-24-9)29-18(21,22)23/h3,5-7,28H,2,4,8H2,1H3,(H2,25,26,27). The van der Waals surface area contributed by atoms with Crippen molar-refractivity contribution in [2.24, 2.45) is 0 Å². The molecule has 1 aromatic heterocycles. The molecule has 1 atom stereocenters. The van der Waals surface area contributed by atoms with Crippen molar-refractivity contribution >= 4 is 34.9 Å². The number of amides is 2. The molecule has 0 spiro atoms. The molecule has 0 aliphatic heterocycles. The SMILES string of the molecule is CC1(O)CCc2c1cc(Cl)c(NC(=O)NCc1cc(OC(F)(F)F)ccn1)c2Cl. The molecule has 1 aliphatic carbocycles. The number of ether oxygens (including phenoxy) is 1. The highest BCUT2D eigenvalue weighted by Gasteiger charge is 2.35. The molecule has 3 rings (SSSR count). The van der Waals surface area contributed by atoms with Gasteiger partial charge in [-0.3, -0.25) is 4.98 Å². The average molecular weight is 450 g/mol. The zero-order chi connectivity index (χ0) is 21.4. The number of anilines is 1. The summed E-state index contributed by atoms with van der Waals surface area (Å²) in [5.41, 5.74) is 0.617. The van der Waals surface area contributed by atoms with E-state index in [4.69, 9.17) is 23.2 Å². The second-order valence-corrected chi connectivity index (χ2v) is 7.47. The summed E-state index contributed by atoms with van der Waals surface area (Å²) in [4.78, 5) is 16.1. The monoisotopic (exact) mass is 449 g/mol. The van der Waals surface area contributed by atoms with Gasteiger partial charge in [-0.05, 0) is 43.0 Å². The van der Waals surface area contributed by atoms with Gasteiger partial charge in [-0.15, -0.1) is 13.2 Å². The predicted molar refractivity (Wildman–Crippen MR) is 101 cm³/mol. The normalized spacial score (nSPS) is 18.3. The quantitative estimate of drug-likeness (QED) is 0.627. The van der Waals surface area contributed by atoms with E-state index in [-0.39, 0.29) is 28.0 Å². The van der Waals surface area contributed by atoms with E-state index in [1.54, 1.807) is 13.0 Å². The van der Waals surface area contributed by atoms with Crippen LogP contribution in [0, 0.1) is 0 Å². The summed E-state index contributed by atoms with van der Waals surface area (Å²) in [6.45, 7) is 1.50. The van der Waals surface area contributed by atoms with Crippen LogP contribution in [0.1, 0.15) is 30.2 Å². The summed E-state index contributed by atoms with van der Waals surface area (Å²) in [5.74, 6) is -0.443. The van der Waals surface area contributed by atoms with E-state index in [0.29, 0.717) is 24.0 Å². The van der Waals surface area contributed by atoms with Crippen LogP contribution in [0.25, 0.3) is 0 Å². The minimum Gasteiger partial charge on any atom is -0.406 e. The number of urea groups is 1. The smallest absolute Gasteiger partial charge is 0.406 e. The van der Waals surface area contributed by atoms with Crippen molar-refractivity contribution in [2.75, 3.05) is 5.32 Å². The third-order valence-electron chi connectivity index (χ3n) is 4.45. The molecule has 156 valence electrons. The summed E-state index contributed by atoms with van der Waals surface area (Å²) in [6, 6.07) is 2.99. The average Bonchev–Trinajstić information content (AvgIpc) is 2.90. The van der Waals surface area contributed by atoms with E-state index in [9.17, 15) is 23.1 Å². The molecule has 2 amide bonds. The Morgan fingerprint density at radius 3 is 2.79 bits per heavy atom. The molecule has 1 unspecified atom stereocenters. The number of nitrogens with zero attached hydrogens (tertiary/aromatic N) is 1. The van der Waals surface area contributed by atoms with Gasteiger partial charge < -0.3 is 20.5 Å². The number of aliphatic hydroxyl groups is 1. The van der Waals surface area contributed by atoms with E-state index in [0.717, 1.165) is 18.3 Å². The van der Waals surface area contributed by atoms with Crippen molar-refractivity contribution in [1.29, 1.82) is 0 Å². The maximum absolute atomic E-state index is 12.3. The molecule has 3 N–H and O–H groups in total. The molecule has 1 heterocycles. The van der Waals surface area contributed by atoms with Crippen LogP contribution in [0.5, 0.6) is 5.75 Å². The van der Waals surface area contributed by atoms with Crippen molar-refractivity contribution in [1.82, 2.24) is 10.3 Å². The summed E-state index contributed by atoms with van der Waals surface area (Å²) in [5, 5.41) is 15.7. The number of carbonyl (C=O) groups excluding carboxylic acids is 1. The second-order valence-electron chi connectivity index (χ2n) is 6.69. The molecule has 1 aliphatic rings. The number of pyridine rings is 1. The van der Waals surface area contributed by atoms with Crippen LogP contribution < -0.4 is 15.4 Å². The van der Waals surface area contributed by atoms with Crippen molar-refractivity contribution in [2.45, 2.75) is 38.3 Å². The first-order valence-corrected chi connectivity index (χ1v) is 9.21. The molecular formula is C18H16Cl2F3N3O3. The molecule has 0 fully saturated rings. The Hall–Kier alpha value is -2.23. The second kappa shape index (κ2) is 7.89. The Labute approximate surface area is 174 Å². The van der Waals surface area contributed by atoms with Crippen molar-refractivity contribution in [3.8, 4) is 5.75 Å². The first kappa shape index (κ1) is 21.5. The largest absolute Gasteiger partial charge is 0.573 e. The summed E-state index contributed by atoms with van der Waals surface area (Å²) in [6.07, 6.45) is -2.67. The minimum atomic E-state index is -4.82. The van der Waals surface area contributed by atoms with Gasteiger partial charge in [0, 0.05) is 12.3 Å². The molecule has 0 bridgehead atoms. The van der Waals surface area contributed by atoms with Crippen LogP contribution in [-0.4, -0.2) is 22.5 Å². The van der Waals surface area contributed by atoms with Crippen LogP contribution >= 0.6 is 23.2 Å². The minimum absolute atomic E-state index is 0.157. The molecule has 1 aromatic carbocycles. The Balaban J connectivity index is 1.67. The fraction of sp³-hybridized carbons (Fsp3) is 0.333. The van der Waals surface area contributed by atoms with E-state index in [1.165, 1.54) is 0 Å². The Morgan fingerprint density at radius 1 is 1.38 bits per heavy atom. The number of rotatable bonds is 4. The lowest BCUT2D eigenvalue weighted by Crippen LogP contribution is -2.29. The van der Waals surface area contributed by atoms with Gasteiger partial charge in [0.15, 0.2) is 0 Å². The molecule has 29 heavy (non-hydrogen) atoms.